The lowest BCUT2D eigenvalue weighted by Crippen LogP contribution is -2.32. The quantitative estimate of drug-likeness (QED) is 0.284. The number of aryl methyl sites for hydroxylation is 2. The first-order valence-electron chi connectivity index (χ1n) is 14.1. The third kappa shape index (κ3) is 4.89. The summed E-state index contributed by atoms with van der Waals surface area (Å²) in [5.41, 5.74) is 6.54. The number of hydrogen-bond acceptors (Lipinski definition) is 7. The van der Waals surface area contributed by atoms with Gasteiger partial charge in [0.05, 0.1) is 19.6 Å². The molecule has 0 spiro atoms. The number of fused-ring (bicyclic) bond motifs is 2. The minimum Gasteiger partial charge on any atom is -0.492 e. The summed E-state index contributed by atoms with van der Waals surface area (Å²) in [5, 5.41) is 31.7. The Labute approximate surface area is 242 Å². The number of hydrogen-bond donors (Lipinski definition) is 2. The van der Waals surface area contributed by atoms with Crippen molar-refractivity contribution in [1.82, 2.24) is 20.2 Å². The molecule has 4 aromatic rings. The van der Waals surface area contributed by atoms with Gasteiger partial charge in [0.25, 0.3) is 0 Å². The third-order valence-electron chi connectivity index (χ3n) is 8.25. The minimum atomic E-state index is -0.864. The summed E-state index contributed by atoms with van der Waals surface area (Å²) < 4.78 is 27.4. The second-order valence-corrected chi connectivity index (χ2v) is 11.8. The number of rotatable bonds is 8. The molecule has 1 aliphatic carbocycles. The highest BCUT2D eigenvalue weighted by molar-refractivity contribution is 5.78. The maximum Gasteiger partial charge on any atom is 0.304 e. The Hall–Kier alpha value is -4.31. The van der Waals surface area contributed by atoms with Gasteiger partial charge in [-0.3, -0.25) is 4.79 Å². The van der Waals surface area contributed by atoms with Crippen LogP contribution in [0.3, 0.4) is 0 Å². The van der Waals surface area contributed by atoms with Crippen molar-refractivity contribution in [3.8, 4) is 34.0 Å². The van der Waals surface area contributed by atoms with Gasteiger partial charge >= 0.3 is 5.97 Å². The molecule has 2 heterocycles. The lowest BCUT2D eigenvalue weighted by Gasteiger charge is -2.19. The van der Waals surface area contributed by atoms with E-state index in [0.717, 1.165) is 38.9 Å². The smallest absolute Gasteiger partial charge is 0.304 e. The highest BCUT2D eigenvalue weighted by Crippen LogP contribution is 2.45. The highest BCUT2D eigenvalue weighted by atomic mass is 19.1. The van der Waals surface area contributed by atoms with E-state index in [2.05, 4.69) is 15.4 Å². The number of aromatic nitrogens is 4. The van der Waals surface area contributed by atoms with Gasteiger partial charge in [-0.15, -0.1) is 10.2 Å². The minimum absolute atomic E-state index is 0.00948. The first-order valence-corrected chi connectivity index (χ1v) is 14.1. The standard InChI is InChI=1S/C32H33FN4O5/c1-17-11-19(31-34-36-37(35-31)32(3,4)16-38)12-18(2)29(17)23-7-9-25(33)30-24(23)8-10-26(30)42-21-5-6-22-20(13-28(39)40)15-41-27(22)14-21/h5-7,9,11-12,14,20,26,38H,8,10,13,15-16H2,1-4H3,(H,39,40)/t20?,26-/m1/s1. The second kappa shape index (κ2) is 10.5. The lowest BCUT2D eigenvalue weighted by molar-refractivity contribution is -0.137. The van der Waals surface area contributed by atoms with E-state index in [4.69, 9.17) is 9.47 Å². The molecule has 6 rings (SSSR count). The summed E-state index contributed by atoms with van der Waals surface area (Å²) in [6.45, 7) is 7.92. The number of aliphatic hydroxyl groups is 1. The Morgan fingerprint density at radius 3 is 2.64 bits per heavy atom. The summed E-state index contributed by atoms with van der Waals surface area (Å²) in [6.07, 6.45) is 0.854. The van der Waals surface area contributed by atoms with E-state index >= 15 is 4.39 Å². The highest BCUT2D eigenvalue weighted by Gasteiger charge is 2.32. The van der Waals surface area contributed by atoms with Gasteiger partial charge in [0.2, 0.25) is 5.82 Å². The van der Waals surface area contributed by atoms with Crippen molar-refractivity contribution in [2.45, 2.75) is 64.5 Å². The van der Waals surface area contributed by atoms with Gasteiger partial charge in [-0.05, 0) is 97.8 Å². The van der Waals surface area contributed by atoms with E-state index in [9.17, 15) is 15.0 Å². The third-order valence-corrected chi connectivity index (χ3v) is 8.25. The summed E-state index contributed by atoms with van der Waals surface area (Å²) in [4.78, 5) is 12.6. The average molecular weight is 573 g/mol. The van der Waals surface area contributed by atoms with E-state index in [1.54, 1.807) is 12.1 Å². The first-order chi connectivity index (χ1) is 20.1. The van der Waals surface area contributed by atoms with Gasteiger partial charge in [0, 0.05) is 28.7 Å². The topological polar surface area (TPSA) is 120 Å². The largest absolute Gasteiger partial charge is 0.492 e. The molecule has 0 saturated carbocycles. The number of carbonyl (C=O) groups is 1. The predicted octanol–water partition coefficient (Wildman–Crippen LogP) is 5.51. The fourth-order valence-corrected chi connectivity index (χ4v) is 6.07. The molecule has 3 aromatic carbocycles. The summed E-state index contributed by atoms with van der Waals surface area (Å²) >= 11 is 0. The van der Waals surface area contributed by atoms with Crippen molar-refractivity contribution < 1.29 is 28.9 Å². The molecular weight excluding hydrogens is 539 g/mol. The maximum atomic E-state index is 15.3. The molecule has 0 bridgehead atoms. The monoisotopic (exact) mass is 572 g/mol. The molecule has 1 aromatic heterocycles. The first kappa shape index (κ1) is 27.8. The zero-order valence-corrected chi connectivity index (χ0v) is 24.0. The van der Waals surface area contributed by atoms with Crippen molar-refractivity contribution in [2.24, 2.45) is 0 Å². The van der Waals surface area contributed by atoms with Gasteiger partial charge in [-0.2, -0.15) is 4.80 Å². The molecule has 10 heteroatoms. The maximum absolute atomic E-state index is 15.3. The van der Waals surface area contributed by atoms with Crippen molar-refractivity contribution in [1.29, 1.82) is 0 Å². The molecule has 2 aliphatic rings. The SMILES string of the molecule is Cc1cc(-c2nnn(C(C)(C)CO)n2)cc(C)c1-c1ccc(F)c2c1CC[C@H]2Oc1ccc2c(c1)OCC2CC(=O)O. The molecular formula is C32H33FN4O5. The van der Waals surface area contributed by atoms with Gasteiger partial charge in [0.1, 0.15) is 29.0 Å². The summed E-state index contributed by atoms with van der Waals surface area (Å²) in [7, 11) is 0. The van der Waals surface area contributed by atoms with Crippen LogP contribution in [0.5, 0.6) is 11.5 Å². The molecule has 0 radical (unpaired) electrons. The van der Waals surface area contributed by atoms with E-state index in [1.807, 2.05) is 52.0 Å². The molecule has 1 aliphatic heterocycles. The number of tetrazole rings is 1. The Morgan fingerprint density at radius 2 is 1.93 bits per heavy atom. The van der Waals surface area contributed by atoms with Crippen LogP contribution in [-0.4, -0.2) is 49.6 Å². The Balaban J connectivity index is 1.29. The molecule has 0 fully saturated rings. The number of carboxylic acids is 1. The number of ether oxygens (including phenoxy) is 2. The number of benzene rings is 3. The molecule has 2 atom stereocenters. The predicted molar refractivity (Wildman–Crippen MR) is 153 cm³/mol. The summed E-state index contributed by atoms with van der Waals surface area (Å²) in [5.74, 6) is 0.305. The fraction of sp³-hybridized carbons (Fsp3) is 0.375. The van der Waals surface area contributed by atoms with Crippen LogP contribution < -0.4 is 9.47 Å². The molecule has 1 unspecified atom stereocenters. The number of halogens is 1. The van der Waals surface area contributed by atoms with Crippen molar-refractivity contribution >= 4 is 5.97 Å². The number of aliphatic carboxylic acids is 1. The van der Waals surface area contributed by atoms with Gasteiger partial charge in [-0.25, -0.2) is 4.39 Å². The molecule has 42 heavy (non-hydrogen) atoms. The average Bonchev–Trinajstić information content (AvgIpc) is 3.69. The van der Waals surface area contributed by atoms with Crippen LogP contribution in [0.25, 0.3) is 22.5 Å². The van der Waals surface area contributed by atoms with Gasteiger partial charge in [0.15, 0.2) is 0 Å². The van der Waals surface area contributed by atoms with E-state index in [0.29, 0.717) is 42.3 Å². The van der Waals surface area contributed by atoms with Gasteiger partial charge < -0.3 is 19.7 Å². The van der Waals surface area contributed by atoms with Crippen molar-refractivity contribution in [2.75, 3.05) is 13.2 Å². The second-order valence-electron chi connectivity index (χ2n) is 11.8. The Morgan fingerprint density at radius 1 is 1.17 bits per heavy atom. The zero-order chi connectivity index (χ0) is 29.8. The van der Waals surface area contributed by atoms with Crippen molar-refractivity contribution in [3.63, 3.8) is 0 Å². The normalized spacial score (nSPS) is 17.6. The molecule has 218 valence electrons. The van der Waals surface area contributed by atoms with Gasteiger partial charge in [-0.1, -0.05) is 12.1 Å². The fourth-order valence-electron chi connectivity index (χ4n) is 6.07. The Kier molecular flexibility index (Phi) is 6.97. The summed E-state index contributed by atoms with van der Waals surface area (Å²) in [6, 6.07) is 12.8. The zero-order valence-electron chi connectivity index (χ0n) is 24.0. The molecule has 9 nitrogen and oxygen atoms in total. The van der Waals surface area contributed by atoms with E-state index < -0.39 is 17.6 Å². The van der Waals surface area contributed by atoms with Crippen molar-refractivity contribution in [3.05, 3.63) is 76.1 Å². The lowest BCUT2D eigenvalue weighted by atomic mass is 9.89. The van der Waals surface area contributed by atoms with Crippen LogP contribution in [-0.2, 0) is 16.8 Å². The molecule has 0 saturated heterocycles. The number of carboxylic acid groups (broad SMARTS) is 1. The van der Waals surface area contributed by atoms with Crippen LogP contribution in [0, 0.1) is 19.7 Å². The van der Waals surface area contributed by atoms with Crippen LogP contribution in [0.1, 0.15) is 66.5 Å². The van der Waals surface area contributed by atoms with E-state index in [1.165, 1.54) is 10.9 Å². The van der Waals surface area contributed by atoms with Crippen LogP contribution in [0.15, 0.2) is 42.5 Å². The molecule has 0 amide bonds. The van der Waals surface area contributed by atoms with Crippen LogP contribution in [0.4, 0.5) is 4.39 Å². The van der Waals surface area contributed by atoms with Crippen LogP contribution >= 0.6 is 0 Å². The Bertz CT molecular complexity index is 1680. The molecule has 2 N–H and O–H groups in total. The van der Waals surface area contributed by atoms with Crippen LogP contribution in [0.2, 0.25) is 0 Å². The number of nitrogens with zero attached hydrogens (tertiary/aromatic N) is 4. The van der Waals surface area contributed by atoms with E-state index in [-0.39, 0.29) is 24.8 Å². The number of aliphatic hydroxyl groups excluding tert-OH is 1.